The van der Waals surface area contributed by atoms with Crippen LogP contribution in [0.5, 0.6) is 0 Å². The second-order valence-corrected chi connectivity index (χ2v) is 4.66. The van der Waals surface area contributed by atoms with Crippen LogP contribution in [0, 0.1) is 5.95 Å². The monoisotopic (exact) mass is 299 g/mol. The van der Waals surface area contributed by atoms with Crippen LogP contribution in [0.25, 0.3) is 11.3 Å². The van der Waals surface area contributed by atoms with Crippen molar-refractivity contribution in [1.29, 1.82) is 0 Å². The number of carbonyl (C=O) groups is 1. The van der Waals surface area contributed by atoms with E-state index in [1.165, 1.54) is 12.1 Å². The zero-order valence-corrected chi connectivity index (χ0v) is 11.0. The van der Waals surface area contributed by atoms with Crippen molar-refractivity contribution in [2.75, 3.05) is 0 Å². The van der Waals surface area contributed by atoms with Crippen LogP contribution in [0.1, 0.15) is 5.56 Å². The van der Waals surface area contributed by atoms with Gasteiger partial charge in [-0.3, -0.25) is 4.79 Å². The zero-order valence-electron chi connectivity index (χ0n) is 9.53. The van der Waals surface area contributed by atoms with Gasteiger partial charge in [0.05, 0.1) is 22.2 Å². The fourth-order valence-electron chi connectivity index (χ4n) is 1.66. The molecular formula is C13H8Cl2FNO2. The molecule has 0 amide bonds. The van der Waals surface area contributed by atoms with Crippen molar-refractivity contribution in [3.05, 3.63) is 51.9 Å². The Hall–Kier alpha value is -1.65. The number of hydrogen-bond acceptors (Lipinski definition) is 2. The van der Waals surface area contributed by atoms with Crippen molar-refractivity contribution in [3.8, 4) is 11.3 Å². The lowest BCUT2D eigenvalue weighted by molar-refractivity contribution is -0.136. The third kappa shape index (κ3) is 3.22. The van der Waals surface area contributed by atoms with Crippen LogP contribution in [0.2, 0.25) is 10.0 Å². The van der Waals surface area contributed by atoms with Gasteiger partial charge in [0.1, 0.15) is 0 Å². The largest absolute Gasteiger partial charge is 0.481 e. The van der Waals surface area contributed by atoms with Crippen molar-refractivity contribution < 1.29 is 14.3 Å². The number of hydrogen-bond donors (Lipinski definition) is 1. The lowest BCUT2D eigenvalue weighted by Crippen LogP contribution is -2.04. The number of carboxylic acids is 1. The van der Waals surface area contributed by atoms with Crippen molar-refractivity contribution in [2.24, 2.45) is 0 Å². The number of pyridine rings is 1. The van der Waals surface area contributed by atoms with Gasteiger partial charge in [-0.15, -0.1) is 0 Å². The summed E-state index contributed by atoms with van der Waals surface area (Å²) in [6, 6.07) is 7.21. The first-order valence-corrected chi connectivity index (χ1v) is 6.05. The molecule has 0 saturated carbocycles. The number of benzene rings is 1. The molecule has 19 heavy (non-hydrogen) atoms. The SMILES string of the molecule is O=C(O)Cc1ccc(F)nc1-c1ccc(Cl)c(Cl)c1. The molecule has 0 aliphatic carbocycles. The van der Waals surface area contributed by atoms with E-state index < -0.39 is 11.9 Å². The molecule has 1 aromatic carbocycles. The molecule has 6 heteroatoms. The summed E-state index contributed by atoms with van der Waals surface area (Å²) in [5.41, 5.74) is 1.18. The number of aromatic nitrogens is 1. The van der Waals surface area contributed by atoms with Crippen LogP contribution in [0.3, 0.4) is 0 Å². The van der Waals surface area contributed by atoms with E-state index in [2.05, 4.69) is 4.98 Å². The van der Waals surface area contributed by atoms with Gasteiger partial charge < -0.3 is 5.11 Å². The molecule has 0 saturated heterocycles. The summed E-state index contributed by atoms with van der Waals surface area (Å²) in [4.78, 5) is 14.5. The Morgan fingerprint density at radius 2 is 1.95 bits per heavy atom. The first-order valence-electron chi connectivity index (χ1n) is 5.30. The zero-order chi connectivity index (χ0) is 14.0. The summed E-state index contributed by atoms with van der Waals surface area (Å²) in [5, 5.41) is 9.50. The minimum atomic E-state index is -1.02. The van der Waals surface area contributed by atoms with Gasteiger partial charge in [0.15, 0.2) is 0 Å². The minimum Gasteiger partial charge on any atom is -0.481 e. The third-order valence-corrected chi connectivity index (χ3v) is 3.22. The molecule has 0 bridgehead atoms. The van der Waals surface area contributed by atoms with E-state index in [4.69, 9.17) is 28.3 Å². The Kier molecular flexibility index (Phi) is 4.02. The summed E-state index contributed by atoms with van der Waals surface area (Å²) in [7, 11) is 0. The number of aliphatic carboxylic acids is 1. The van der Waals surface area contributed by atoms with Crippen molar-refractivity contribution in [1.82, 2.24) is 4.98 Å². The van der Waals surface area contributed by atoms with E-state index in [1.54, 1.807) is 12.1 Å². The van der Waals surface area contributed by atoms with Crippen LogP contribution in [-0.4, -0.2) is 16.1 Å². The lowest BCUT2D eigenvalue weighted by Gasteiger charge is -2.08. The summed E-state index contributed by atoms with van der Waals surface area (Å²) in [5.74, 6) is -1.70. The van der Waals surface area contributed by atoms with Crippen LogP contribution in [-0.2, 0) is 11.2 Å². The van der Waals surface area contributed by atoms with Crippen molar-refractivity contribution >= 4 is 29.2 Å². The molecule has 0 spiro atoms. The maximum Gasteiger partial charge on any atom is 0.307 e. The smallest absolute Gasteiger partial charge is 0.307 e. The Morgan fingerprint density at radius 1 is 1.21 bits per heavy atom. The average Bonchev–Trinajstić information content (AvgIpc) is 2.34. The van der Waals surface area contributed by atoms with Crippen LogP contribution in [0.4, 0.5) is 4.39 Å². The molecule has 0 atom stereocenters. The third-order valence-electron chi connectivity index (χ3n) is 2.48. The fraction of sp³-hybridized carbons (Fsp3) is 0.0769. The summed E-state index contributed by atoms with van der Waals surface area (Å²) in [6.07, 6.45) is -0.247. The lowest BCUT2D eigenvalue weighted by atomic mass is 10.0. The standard InChI is InChI=1S/C13H8Cl2FNO2/c14-9-3-1-7(5-10(9)15)13-8(6-12(18)19)2-4-11(16)17-13/h1-5H,6H2,(H,18,19). The molecular weight excluding hydrogens is 292 g/mol. The normalized spacial score (nSPS) is 10.5. The molecule has 0 aliphatic heterocycles. The molecule has 1 heterocycles. The Labute approximate surface area is 118 Å². The molecule has 1 N–H and O–H groups in total. The predicted octanol–water partition coefficient (Wildman–Crippen LogP) is 3.82. The van der Waals surface area contributed by atoms with E-state index in [9.17, 15) is 9.18 Å². The second kappa shape index (κ2) is 5.55. The second-order valence-electron chi connectivity index (χ2n) is 3.84. The minimum absolute atomic E-state index is 0.247. The number of halogens is 3. The maximum atomic E-state index is 13.2. The molecule has 0 radical (unpaired) electrons. The summed E-state index contributed by atoms with van der Waals surface area (Å²) < 4.78 is 13.2. The summed E-state index contributed by atoms with van der Waals surface area (Å²) >= 11 is 11.7. The van der Waals surface area contributed by atoms with Crippen LogP contribution >= 0.6 is 23.2 Å². The van der Waals surface area contributed by atoms with E-state index >= 15 is 0 Å². The molecule has 0 aliphatic rings. The number of carboxylic acid groups (broad SMARTS) is 1. The molecule has 2 aromatic rings. The van der Waals surface area contributed by atoms with Gasteiger partial charge in [-0.05, 0) is 23.8 Å². The number of rotatable bonds is 3. The highest BCUT2D eigenvalue weighted by Gasteiger charge is 2.12. The molecule has 0 fully saturated rings. The molecule has 3 nitrogen and oxygen atoms in total. The molecule has 98 valence electrons. The Balaban J connectivity index is 2.55. The maximum absolute atomic E-state index is 13.2. The van der Waals surface area contributed by atoms with E-state index in [-0.39, 0.29) is 12.1 Å². The van der Waals surface area contributed by atoms with E-state index in [1.807, 2.05) is 0 Å². The highest BCUT2D eigenvalue weighted by atomic mass is 35.5. The molecule has 2 rings (SSSR count). The van der Waals surface area contributed by atoms with Gasteiger partial charge in [0.25, 0.3) is 0 Å². The van der Waals surface area contributed by atoms with Crippen LogP contribution < -0.4 is 0 Å². The van der Waals surface area contributed by atoms with Gasteiger partial charge in [-0.2, -0.15) is 4.39 Å². The Morgan fingerprint density at radius 3 is 2.58 bits per heavy atom. The van der Waals surface area contributed by atoms with Gasteiger partial charge in [0.2, 0.25) is 5.95 Å². The van der Waals surface area contributed by atoms with Gasteiger partial charge in [-0.25, -0.2) is 4.98 Å². The van der Waals surface area contributed by atoms with Crippen LogP contribution in [0.15, 0.2) is 30.3 Å². The topological polar surface area (TPSA) is 50.2 Å². The Bertz CT molecular complexity index is 647. The molecule has 1 aromatic heterocycles. The fourth-order valence-corrected chi connectivity index (χ4v) is 1.96. The van der Waals surface area contributed by atoms with Gasteiger partial charge >= 0.3 is 5.97 Å². The first-order chi connectivity index (χ1) is 8.97. The van der Waals surface area contributed by atoms with Crippen molar-refractivity contribution in [3.63, 3.8) is 0 Å². The average molecular weight is 300 g/mol. The number of nitrogens with zero attached hydrogens (tertiary/aromatic N) is 1. The highest BCUT2D eigenvalue weighted by molar-refractivity contribution is 6.42. The summed E-state index contributed by atoms with van der Waals surface area (Å²) in [6.45, 7) is 0. The first kappa shape index (κ1) is 13.8. The van der Waals surface area contributed by atoms with E-state index in [0.717, 1.165) is 6.07 Å². The molecule has 0 unspecified atom stereocenters. The van der Waals surface area contributed by atoms with Gasteiger partial charge in [0, 0.05) is 5.56 Å². The quantitative estimate of drug-likeness (QED) is 0.877. The predicted molar refractivity (Wildman–Crippen MR) is 71.0 cm³/mol. The van der Waals surface area contributed by atoms with Crippen molar-refractivity contribution in [2.45, 2.75) is 6.42 Å². The van der Waals surface area contributed by atoms with Gasteiger partial charge in [-0.1, -0.05) is 35.3 Å². The van der Waals surface area contributed by atoms with E-state index in [0.29, 0.717) is 21.2 Å². The highest BCUT2D eigenvalue weighted by Crippen LogP contribution is 2.29.